The van der Waals surface area contributed by atoms with E-state index in [1.807, 2.05) is 13.8 Å². The summed E-state index contributed by atoms with van der Waals surface area (Å²) in [5.41, 5.74) is 7.42. The molecule has 11 heteroatoms. The molecule has 2 atom stereocenters. The van der Waals surface area contributed by atoms with Crippen molar-refractivity contribution in [2.24, 2.45) is 10.8 Å². The first-order valence-corrected chi connectivity index (χ1v) is 10.6. The number of thiocarbonyl (C=S) groups is 1. The number of nitrogens with two attached hydrogens (primary N) is 1. The highest BCUT2D eigenvalue weighted by Gasteiger charge is 2.33. The lowest BCUT2D eigenvalue weighted by Crippen LogP contribution is -2.56. The molecule has 3 rings (SSSR count). The van der Waals surface area contributed by atoms with Crippen molar-refractivity contribution in [2.45, 2.75) is 38.7 Å². The van der Waals surface area contributed by atoms with Crippen LogP contribution in [0.4, 0.5) is 27.6 Å². The summed E-state index contributed by atoms with van der Waals surface area (Å²) in [6.07, 6.45) is -3.32. The molecule has 1 heterocycles. The van der Waals surface area contributed by atoms with Gasteiger partial charge in [-0.25, -0.2) is 8.78 Å². The van der Waals surface area contributed by atoms with Gasteiger partial charge in [-0.3, -0.25) is 10.3 Å². The number of alkyl halides is 3. The molecule has 1 aliphatic rings. The second-order valence-electron chi connectivity index (χ2n) is 8.03. The van der Waals surface area contributed by atoms with Gasteiger partial charge in [0.1, 0.15) is 11.6 Å². The van der Waals surface area contributed by atoms with Crippen molar-refractivity contribution in [1.29, 1.82) is 0 Å². The molecule has 33 heavy (non-hydrogen) atoms. The number of benzene rings is 2. The number of hydrogen-bond acceptors (Lipinski definition) is 4. The number of nitrogens with zero attached hydrogens (tertiary/aromatic N) is 3. The third kappa shape index (κ3) is 6.17. The molecule has 1 fully saturated rings. The maximum absolute atomic E-state index is 14.8. The van der Waals surface area contributed by atoms with Crippen LogP contribution in [0.25, 0.3) is 0 Å². The Morgan fingerprint density at radius 3 is 2.42 bits per heavy atom. The summed E-state index contributed by atoms with van der Waals surface area (Å²) < 4.78 is 68.4. The summed E-state index contributed by atoms with van der Waals surface area (Å²) in [4.78, 5) is 3.80. The fourth-order valence-electron chi connectivity index (χ4n) is 3.98. The van der Waals surface area contributed by atoms with Gasteiger partial charge >= 0.3 is 6.18 Å². The molecule has 1 aliphatic heterocycles. The standard InChI is InChI=1S/C22H24F5N5S/c1-13-10-31(20-8-18(23)16(7-19(20)24)9-29-30-21(28)33)11-14(2)32(13)12-15-4-3-5-17(6-15)22(25,26)27/h3-9,13-14H,10-12H2,1-2H3,(H3,28,30,33)/b29-9+/t13-,14+. The van der Waals surface area contributed by atoms with Crippen molar-refractivity contribution in [1.82, 2.24) is 10.3 Å². The normalized spacial score (nSPS) is 19.8. The Labute approximate surface area is 194 Å². The molecule has 0 aromatic heterocycles. The molecular weight excluding hydrogens is 461 g/mol. The van der Waals surface area contributed by atoms with Crippen LogP contribution in [0.1, 0.15) is 30.5 Å². The second-order valence-corrected chi connectivity index (χ2v) is 8.47. The number of hydrazone groups is 1. The van der Waals surface area contributed by atoms with Gasteiger partial charge < -0.3 is 10.6 Å². The van der Waals surface area contributed by atoms with Crippen LogP contribution in [0.15, 0.2) is 41.5 Å². The summed E-state index contributed by atoms with van der Waals surface area (Å²) in [6, 6.07) is 7.17. The molecule has 178 valence electrons. The van der Waals surface area contributed by atoms with E-state index in [1.165, 1.54) is 6.07 Å². The van der Waals surface area contributed by atoms with Crippen LogP contribution in [0.2, 0.25) is 0 Å². The summed E-state index contributed by atoms with van der Waals surface area (Å²) in [5, 5.41) is 3.54. The van der Waals surface area contributed by atoms with Gasteiger partial charge in [0.25, 0.3) is 0 Å². The van der Waals surface area contributed by atoms with Gasteiger partial charge in [-0.1, -0.05) is 18.2 Å². The SMILES string of the molecule is C[C@@H]1CN(c2cc(F)c(/C=N/NC(N)=S)cc2F)C[C@H](C)N1Cc1cccc(C(F)(F)F)c1. The number of nitrogens with one attached hydrogen (secondary N) is 1. The Hall–Kier alpha value is -2.79. The molecule has 2 aromatic carbocycles. The molecule has 1 saturated heterocycles. The average molecular weight is 486 g/mol. The summed E-state index contributed by atoms with van der Waals surface area (Å²) in [7, 11) is 0. The molecule has 0 aliphatic carbocycles. The van der Waals surface area contributed by atoms with Crippen molar-refractivity contribution >= 4 is 29.2 Å². The van der Waals surface area contributed by atoms with Crippen LogP contribution in [0, 0.1) is 11.6 Å². The summed E-state index contributed by atoms with van der Waals surface area (Å²) in [6.45, 7) is 4.91. The van der Waals surface area contributed by atoms with E-state index in [0.29, 0.717) is 25.2 Å². The first-order chi connectivity index (χ1) is 15.5. The number of halogens is 5. The molecule has 3 N–H and O–H groups in total. The van der Waals surface area contributed by atoms with Crippen molar-refractivity contribution < 1.29 is 22.0 Å². The molecular formula is C22H24F5N5S. The Kier molecular flexibility index (Phi) is 7.53. The largest absolute Gasteiger partial charge is 0.416 e. The fraction of sp³-hybridized carbons (Fsp3) is 0.364. The lowest BCUT2D eigenvalue weighted by molar-refractivity contribution is -0.137. The van der Waals surface area contributed by atoms with Crippen LogP contribution < -0.4 is 16.1 Å². The number of rotatable bonds is 5. The predicted octanol–water partition coefficient (Wildman–Crippen LogP) is 4.25. The smallest absolute Gasteiger partial charge is 0.375 e. The van der Waals surface area contributed by atoms with Gasteiger partial charge in [-0.05, 0) is 43.8 Å². The summed E-state index contributed by atoms with van der Waals surface area (Å²) in [5.74, 6) is -1.27. The summed E-state index contributed by atoms with van der Waals surface area (Å²) >= 11 is 4.60. The lowest BCUT2D eigenvalue weighted by Gasteiger charge is -2.45. The van der Waals surface area contributed by atoms with Crippen molar-refractivity contribution in [3.63, 3.8) is 0 Å². The number of hydrogen-bond donors (Lipinski definition) is 2. The molecule has 5 nitrogen and oxygen atoms in total. The fourth-order valence-corrected chi connectivity index (χ4v) is 4.03. The van der Waals surface area contributed by atoms with E-state index in [4.69, 9.17) is 5.73 Å². The Morgan fingerprint density at radius 1 is 1.15 bits per heavy atom. The van der Waals surface area contributed by atoms with Gasteiger partial charge in [0, 0.05) is 43.3 Å². The van der Waals surface area contributed by atoms with Crippen LogP contribution in [-0.4, -0.2) is 41.4 Å². The van der Waals surface area contributed by atoms with Crippen molar-refractivity contribution in [3.8, 4) is 0 Å². The van der Waals surface area contributed by atoms with E-state index in [9.17, 15) is 22.0 Å². The van der Waals surface area contributed by atoms with Gasteiger partial charge in [-0.15, -0.1) is 0 Å². The zero-order valence-corrected chi connectivity index (χ0v) is 18.9. The van der Waals surface area contributed by atoms with Gasteiger partial charge in [-0.2, -0.15) is 18.3 Å². The zero-order chi connectivity index (χ0) is 24.3. The third-order valence-corrected chi connectivity index (χ3v) is 5.60. The van der Waals surface area contributed by atoms with E-state index in [0.717, 1.165) is 30.5 Å². The molecule has 0 amide bonds. The minimum absolute atomic E-state index is 0.0655. The van der Waals surface area contributed by atoms with Crippen LogP contribution in [0.5, 0.6) is 0 Å². The molecule has 0 radical (unpaired) electrons. The van der Waals surface area contributed by atoms with Gasteiger partial charge in [0.15, 0.2) is 5.11 Å². The second kappa shape index (κ2) is 10.0. The topological polar surface area (TPSA) is 56.9 Å². The highest BCUT2D eigenvalue weighted by Crippen LogP contribution is 2.31. The maximum Gasteiger partial charge on any atom is 0.416 e. The Morgan fingerprint density at radius 2 is 1.82 bits per heavy atom. The number of piperazine rings is 1. The molecule has 0 spiro atoms. The van der Waals surface area contributed by atoms with Crippen molar-refractivity contribution in [3.05, 3.63) is 64.7 Å². The van der Waals surface area contributed by atoms with Crippen LogP contribution in [0.3, 0.4) is 0 Å². The third-order valence-electron chi connectivity index (χ3n) is 5.51. The highest BCUT2D eigenvalue weighted by atomic mass is 32.1. The monoisotopic (exact) mass is 485 g/mol. The number of anilines is 1. The minimum atomic E-state index is -4.41. The van der Waals surface area contributed by atoms with E-state index in [-0.39, 0.29) is 28.4 Å². The maximum atomic E-state index is 14.8. The molecule has 0 saturated carbocycles. The quantitative estimate of drug-likeness (QED) is 0.287. The van der Waals surface area contributed by atoms with E-state index in [1.54, 1.807) is 11.0 Å². The molecule has 2 aromatic rings. The van der Waals surface area contributed by atoms with Gasteiger partial charge in [0.05, 0.1) is 17.5 Å². The Balaban J connectivity index is 1.74. The van der Waals surface area contributed by atoms with Gasteiger partial charge in [0.2, 0.25) is 0 Å². The zero-order valence-electron chi connectivity index (χ0n) is 18.0. The minimum Gasteiger partial charge on any atom is -0.375 e. The Bertz CT molecular complexity index is 1030. The first kappa shape index (κ1) is 24.8. The molecule has 0 bridgehead atoms. The van der Waals surface area contributed by atoms with E-state index < -0.39 is 23.4 Å². The van der Waals surface area contributed by atoms with E-state index >= 15 is 0 Å². The van der Waals surface area contributed by atoms with Crippen LogP contribution in [-0.2, 0) is 12.7 Å². The molecule has 0 unspecified atom stereocenters. The predicted molar refractivity (Wildman–Crippen MR) is 122 cm³/mol. The average Bonchev–Trinajstić information content (AvgIpc) is 2.72. The lowest BCUT2D eigenvalue weighted by atomic mass is 10.0. The van der Waals surface area contributed by atoms with Crippen LogP contribution >= 0.6 is 12.2 Å². The van der Waals surface area contributed by atoms with E-state index in [2.05, 4.69) is 27.6 Å². The van der Waals surface area contributed by atoms with Crippen molar-refractivity contribution in [2.75, 3.05) is 18.0 Å². The first-order valence-electron chi connectivity index (χ1n) is 10.2. The highest BCUT2D eigenvalue weighted by molar-refractivity contribution is 7.80.